The Morgan fingerprint density at radius 1 is 1.61 bits per heavy atom. The van der Waals surface area contributed by atoms with Crippen LogP contribution in [0.2, 0.25) is 5.02 Å². The van der Waals surface area contributed by atoms with Crippen molar-refractivity contribution in [1.29, 1.82) is 0 Å². The van der Waals surface area contributed by atoms with Gasteiger partial charge in [0.1, 0.15) is 0 Å². The Bertz CT molecular complexity index is 453. The van der Waals surface area contributed by atoms with Crippen LogP contribution in [0, 0.1) is 0 Å². The van der Waals surface area contributed by atoms with Gasteiger partial charge in [0.15, 0.2) is 0 Å². The molecule has 0 radical (unpaired) electrons. The Labute approximate surface area is 118 Å². The molecular weight excluding hydrogens is 268 g/mol. The fraction of sp³-hybridized carbons (Fsp3) is 0.462. The van der Waals surface area contributed by atoms with Gasteiger partial charge >= 0.3 is 0 Å². The molecule has 1 fully saturated rings. The molecule has 0 spiro atoms. The molecule has 0 aromatic heterocycles. The highest BCUT2D eigenvalue weighted by atomic mass is 35.5. The van der Waals surface area contributed by atoms with Crippen LogP contribution in [-0.2, 0) is 0 Å². The SMILES string of the molecule is CN1CCCC1CNC(=O)c1cc(S)ccc1Cl. The lowest BCUT2D eigenvalue weighted by Gasteiger charge is -2.19. The lowest BCUT2D eigenvalue weighted by Crippen LogP contribution is -2.38. The minimum absolute atomic E-state index is 0.129. The molecule has 0 bridgehead atoms. The van der Waals surface area contributed by atoms with E-state index >= 15 is 0 Å². The highest BCUT2D eigenvalue weighted by Crippen LogP contribution is 2.20. The molecule has 0 aliphatic carbocycles. The second kappa shape index (κ2) is 5.95. The van der Waals surface area contributed by atoms with Crippen molar-refractivity contribution in [2.24, 2.45) is 0 Å². The molecule has 1 amide bonds. The van der Waals surface area contributed by atoms with E-state index in [1.807, 2.05) is 0 Å². The molecule has 1 atom stereocenters. The zero-order valence-electron chi connectivity index (χ0n) is 10.3. The summed E-state index contributed by atoms with van der Waals surface area (Å²) in [6.45, 7) is 1.77. The van der Waals surface area contributed by atoms with Crippen LogP contribution < -0.4 is 5.32 Å². The summed E-state index contributed by atoms with van der Waals surface area (Å²) in [6.07, 6.45) is 2.33. The highest BCUT2D eigenvalue weighted by molar-refractivity contribution is 7.80. The predicted octanol–water partition coefficient (Wildman–Crippen LogP) is 2.45. The number of likely N-dealkylation sites (tertiary alicyclic amines) is 1. The van der Waals surface area contributed by atoms with Gasteiger partial charge in [0.25, 0.3) is 5.91 Å². The van der Waals surface area contributed by atoms with E-state index in [-0.39, 0.29) is 5.91 Å². The van der Waals surface area contributed by atoms with E-state index in [9.17, 15) is 4.79 Å². The molecule has 98 valence electrons. The molecule has 0 saturated carbocycles. The Morgan fingerprint density at radius 3 is 3.06 bits per heavy atom. The minimum atomic E-state index is -0.129. The third-order valence-electron chi connectivity index (χ3n) is 3.36. The summed E-state index contributed by atoms with van der Waals surface area (Å²) >= 11 is 10.2. The summed E-state index contributed by atoms with van der Waals surface area (Å²) in [6, 6.07) is 5.60. The van der Waals surface area contributed by atoms with Gasteiger partial charge in [-0.15, -0.1) is 12.6 Å². The van der Waals surface area contributed by atoms with Gasteiger partial charge in [-0.05, 0) is 44.6 Å². The van der Waals surface area contributed by atoms with Crippen LogP contribution in [0.15, 0.2) is 23.1 Å². The van der Waals surface area contributed by atoms with E-state index in [1.165, 1.54) is 6.42 Å². The van der Waals surface area contributed by atoms with Crippen molar-refractivity contribution >= 4 is 30.1 Å². The molecule has 2 rings (SSSR count). The topological polar surface area (TPSA) is 32.3 Å². The van der Waals surface area contributed by atoms with Gasteiger partial charge in [-0.3, -0.25) is 4.79 Å². The zero-order valence-corrected chi connectivity index (χ0v) is 12.0. The maximum absolute atomic E-state index is 12.0. The van der Waals surface area contributed by atoms with Crippen molar-refractivity contribution in [3.05, 3.63) is 28.8 Å². The zero-order chi connectivity index (χ0) is 13.1. The Kier molecular flexibility index (Phi) is 4.54. The summed E-state index contributed by atoms with van der Waals surface area (Å²) in [5.41, 5.74) is 0.491. The number of amides is 1. The molecule has 1 saturated heterocycles. The fourth-order valence-electron chi connectivity index (χ4n) is 2.23. The Balaban J connectivity index is 1.97. The summed E-state index contributed by atoms with van der Waals surface area (Å²) in [5, 5.41) is 3.40. The van der Waals surface area contributed by atoms with Gasteiger partial charge in [0, 0.05) is 17.5 Å². The smallest absolute Gasteiger partial charge is 0.252 e. The van der Waals surface area contributed by atoms with Crippen molar-refractivity contribution in [1.82, 2.24) is 10.2 Å². The summed E-state index contributed by atoms with van der Waals surface area (Å²) in [5.74, 6) is -0.129. The molecule has 1 aromatic carbocycles. The molecule has 1 aliphatic rings. The predicted molar refractivity (Wildman–Crippen MR) is 76.7 cm³/mol. The summed E-state index contributed by atoms with van der Waals surface area (Å²) in [4.78, 5) is 15.0. The molecule has 1 N–H and O–H groups in total. The van der Waals surface area contributed by atoms with Crippen molar-refractivity contribution in [3.8, 4) is 0 Å². The van der Waals surface area contributed by atoms with Gasteiger partial charge in [-0.25, -0.2) is 0 Å². The summed E-state index contributed by atoms with van der Waals surface area (Å²) in [7, 11) is 2.09. The number of carbonyl (C=O) groups is 1. The number of halogens is 1. The lowest BCUT2D eigenvalue weighted by molar-refractivity contribution is 0.0943. The number of nitrogens with zero attached hydrogens (tertiary/aromatic N) is 1. The second-order valence-electron chi connectivity index (χ2n) is 4.65. The first-order valence-electron chi connectivity index (χ1n) is 6.05. The van der Waals surface area contributed by atoms with Crippen LogP contribution in [0.5, 0.6) is 0 Å². The fourth-order valence-corrected chi connectivity index (χ4v) is 2.64. The molecular formula is C13H17ClN2OS. The lowest BCUT2D eigenvalue weighted by atomic mass is 10.2. The first-order valence-corrected chi connectivity index (χ1v) is 6.87. The third-order valence-corrected chi connectivity index (χ3v) is 3.97. The number of rotatable bonds is 3. The van der Waals surface area contributed by atoms with Gasteiger partial charge in [0.2, 0.25) is 0 Å². The van der Waals surface area contributed by atoms with E-state index in [2.05, 4.69) is 29.9 Å². The van der Waals surface area contributed by atoms with Crippen molar-refractivity contribution in [2.45, 2.75) is 23.8 Å². The number of hydrogen-bond donors (Lipinski definition) is 2. The second-order valence-corrected chi connectivity index (χ2v) is 5.57. The largest absolute Gasteiger partial charge is 0.350 e. The maximum Gasteiger partial charge on any atom is 0.252 e. The van der Waals surface area contributed by atoms with Gasteiger partial charge in [0.05, 0.1) is 10.6 Å². The molecule has 5 heteroatoms. The minimum Gasteiger partial charge on any atom is -0.350 e. The third kappa shape index (κ3) is 3.19. The van der Waals surface area contributed by atoms with Crippen LogP contribution >= 0.6 is 24.2 Å². The van der Waals surface area contributed by atoms with E-state index in [0.29, 0.717) is 23.2 Å². The van der Waals surface area contributed by atoms with E-state index < -0.39 is 0 Å². The van der Waals surface area contributed by atoms with Crippen molar-refractivity contribution < 1.29 is 4.79 Å². The van der Waals surface area contributed by atoms with Gasteiger partial charge in [-0.2, -0.15) is 0 Å². The number of likely N-dealkylation sites (N-methyl/N-ethyl adjacent to an activating group) is 1. The van der Waals surface area contributed by atoms with Crippen LogP contribution in [0.4, 0.5) is 0 Å². The number of thiol groups is 1. The van der Waals surface area contributed by atoms with E-state index in [1.54, 1.807) is 18.2 Å². The molecule has 18 heavy (non-hydrogen) atoms. The van der Waals surface area contributed by atoms with Gasteiger partial charge in [-0.1, -0.05) is 11.6 Å². The molecule has 1 unspecified atom stereocenters. The van der Waals surface area contributed by atoms with Gasteiger partial charge < -0.3 is 10.2 Å². The monoisotopic (exact) mass is 284 g/mol. The van der Waals surface area contributed by atoms with Crippen LogP contribution in [0.1, 0.15) is 23.2 Å². The highest BCUT2D eigenvalue weighted by Gasteiger charge is 2.21. The Morgan fingerprint density at radius 2 is 2.39 bits per heavy atom. The van der Waals surface area contributed by atoms with Crippen LogP contribution in [0.25, 0.3) is 0 Å². The molecule has 1 aromatic rings. The average molecular weight is 285 g/mol. The first-order chi connectivity index (χ1) is 8.58. The normalized spacial score (nSPS) is 20.1. The first kappa shape index (κ1) is 13.7. The number of nitrogens with one attached hydrogen (secondary N) is 1. The quantitative estimate of drug-likeness (QED) is 0.836. The van der Waals surface area contributed by atoms with Crippen molar-refractivity contribution in [3.63, 3.8) is 0 Å². The maximum atomic E-state index is 12.0. The standard InChI is InChI=1S/C13H17ClN2OS/c1-16-6-2-3-9(16)8-15-13(17)11-7-10(18)4-5-12(11)14/h4-5,7,9,18H,2-3,6,8H2,1H3,(H,15,17). The van der Waals surface area contributed by atoms with E-state index in [4.69, 9.17) is 11.6 Å². The van der Waals surface area contributed by atoms with Crippen molar-refractivity contribution in [2.75, 3.05) is 20.1 Å². The number of carbonyl (C=O) groups excluding carboxylic acids is 1. The molecule has 3 nitrogen and oxygen atoms in total. The number of benzene rings is 1. The van der Waals surface area contributed by atoms with Crippen LogP contribution in [-0.4, -0.2) is 37.0 Å². The Hall–Kier alpha value is -0.710. The van der Waals surface area contributed by atoms with Crippen LogP contribution in [0.3, 0.4) is 0 Å². The van der Waals surface area contributed by atoms with E-state index in [0.717, 1.165) is 17.9 Å². The number of hydrogen-bond acceptors (Lipinski definition) is 3. The average Bonchev–Trinajstić information content (AvgIpc) is 2.75. The summed E-state index contributed by atoms with van der Waals surface area (Å²) < 4.78 is 0. The molecule has 1 heterocycles. The molecule has 1 aliphatic heterocycles.